The lowest BCUT2D eigenvalue weighted by Crippen LogP contribution is -2.35. The summed E-state index contributed by atoms with van der Waals surface area (Å²) in [6, 6.07) is 22.4. The lowest BCUT2D eigenvalue weighted by Gasteiger charge is -2.30. The van der Waals surface area contributed by atoms with Crippen molar-refractivity contribution in [3.05, 3.63) is 101 Å². The van der Waals surface area contributed by atoms with Gasteiger partial charge in [-0.05, 0) is 60.9 Å². The van der Waals surface area contributed by atoms with Crippen LogP contribution in [0.5, 0.6) is 0 Å². The van der Waals surface area contributed by atoms with Crippen molar-refractivity contribution in [2.75, 3.05) is 6.54 Å². The van der Waals surface area contributed by atoms with Crippen LogP contribution in [0.1, 0.15) is 36.0 Å². The molecular formula is C26H23ClF3N5S. The summed E-state index contributed by atoms with van der Waals surface area (Å²) in [5.74, 6) is 0.600. The van der Waals surface area contributed by atoms with Crippen molar-refractivity contribution < 1.29 is 13.2 Å². The van der Waals surface area contributed by atoms with Gasteiger partial charge in [0.2, 0.25) is 0 Å². The average molecular weight is 530 g/mol. The summed E-state index contributed by atoms with van der Waals surface area (Å²) in [7, 11) is 0. The molecule has 3 aromatic rings. The van der Waals surface area contributed by atoms with Gasteiger partial charge in [-0.1, -0.05) is 54.1 Å². The van der Waals surface area contributed by atoms with E-state index in [1.165, 1.54) is 12.1 Å². The van der Waals surface area contributed by atoms with Crippen LogP contribution in [0.4, 0.5) is 13.2 Å². The number of guanidine groups is 1. The first-order valence-electron chi connectivity index (χ1n) is 11.1. The third kappa shape index (κ3) is 6.47. The lowest BCUT2D eigenvalue weighted by molar-refractivity contribution is -0.137. The molecule has 3 aromatic carbocycles. The summed E-state index contributed by atoms with van der Waals surface area (Å²) >= 11 is 7.12. The molecule has 0 fully saturated rings. The van der Waals surface area contributed by atoms with Crippen molar-refractivity contribution in [2.45, 2.75) is 30.3 Å². The van der Waals surface area contributed by atoms with E-state index in [-0.39, 0.29) is 17.7 Å². The van der Waals surface area contributed by atoms with Gasteiger partial charge >= 0.3 is 6.18 Å². The molecule has 0 bridgehead atoms. The number of aliphatic imine (C=N–C) groups is 1. The molecule has 10 heteroatoms. The fourth-order valence-corrected chi connectivity index (χ4v) is 4.46. The predicted molar refractivity (Wildman–Crippen MR) is 141 cm³/mol. The van der Waals surface area contributed by atoms with Crippen LogP contribution in [-0.4, -0.2) is 29.1 Å². The summed E-state index contributed by atoms with van der Waals surface area (Å²) in [5.41, 5.74) is 8.04. The Kier molecular flexibility index (Phi) is 8.01. The summed E-state index contributed by atoms with van der Waals surface area (Å²) < 4.78 is 43.1. The quantitative estimate of drug-likeness (QED) is 0.225. The Morgan fingerprint density at radius 1 is 1.03 bits per heavy atom. The van der Waals surface area contributed by atoms with Crippen molar-refractivity contribution >= 4 is 41.1 Å². The number of rotatable bonds is 4. The molecule has 186 valence electrons. The molecule has 0 amide bonds. The molecule has 1 unspecified atom stereocenters. The Morgan fingerprint density at radius 3 is 2.31 bits per heavy atom. The Bertz CT molecular complexity index is 1270. The van der Waals surface area contributed by atoms with Crippen molar-refractivity contribution in [1.29, 1.82) is 0 Å². The van der Waals surface area contributed by atoms with Gasteiger partial charge in [0.1, 0.15) is 0 Å². The van der Waals surface area contributed by atoms with Crippen LogP contribution in [0.2, 0.25) is 5.02 Å². The monoisotopic (exact) mass is 529 g/mol. The molecule has 0 saturated carbocycles. The smallest absolute Gasteiger partial charge is 0.387 e. The number of hydrazone groups is 1. The number of alkyl halides is 3. The second kappa shape index (κ2) is 11.2. The Hall–Kier alpha value is -3.30. The highest BCUT2D eigenvalue weighted by atomic mass is 35.5. The van der Waals surface area contributed by atoms with E-state index in [1.807, 2.05) is 42.5 Å². The van der Waals surface area contributed by atoms with Crippen LogP contribution in [-0.2, 0) is 6.18 Å². The van der Waals surface area contributed by atoms with E-state index in [0.29, 0.717) is 16.5 Å². The molecule has 2 N–H and O–H groups in total. The molecule has 0 spiro atoms. The third-order valence-corrected chi connectivity index (χ3v) is 6.44. The number of nitrogens with zero attached hydrogens (tertiary/aromatic N) is 4. The predicted octanol–water partition coefficient (Wildman–Crippen LogP) is 6.99. The van der Waals surface area contributed by atoms with Crippen molar-refractivity contribution in [1.82, 2.24) is 5.01 Å². The molecule has 0 saturated heterocycles. The maximum Gasteiger partial charge on any atom is 0.416 e. The number of hydrogen-bond acceptors (Lipinski definition) is 3. The van der Waals surface area contributed by atoms with Crippen LogP contribution in [0, 0.1) is 0 Å². The maximum absolute atomic E-state index is 12.9. The van der Waals surface area contributed by atoms with Gasteiger partial charge in [-0.2, -0.15) is 27.7 Å². The van der Waals surface area contributed by atoms with Gasteiger partial charge in [-0.3, -0.25) is 0 Å². The number of hydrogen-bond donors (Lipinski definition) is 1. The normalized spacial score (nSPS) is 17.2. The van der Waals surface area contributed by atoms with E-state index in [4.69, 9.17) is 22.4 Å². The second-order valence-electron chi connectivity index (χ2n) is 8.13. The Morgan fingerprint density at radius 2 is 1.69 bits per heavy atom. The molecule has 36 heavy (non-hydrogen) atoms. The Labute approximate surface area is 216 Å². The zero-order chi connectivity index (χ0) is 25.7. The SMILES string of the molecule is C/C(N)=N\C(=N\Sc1ccc(C(F)(F)F)cc1)N1CCC(c2ccccc2)C(c2ccc(Cl)cc2)=N1. The van der Waals surface area contributed by atoms with E-state index in [9.17, 15) is 13.2 Å². The van der Waals surface area contributed by atoms with Crippen LogP contribution in [0.15, 0.2) is 98.2 Å². The minimum atomic E-state index is -4.39. The van der Waals surface area contributed by atoms with Gasteiger partial charge in [0.05, 0.1) is 17.1 Å². The van der Waals surface area contributed by atoms with Gasteiger partial charge in [0.25, 0.3) is 5.96 Å². The largest absolute Gasteiger partial charge is 0.416 e. The van der Waals surface area contributed by atoms with Crippen LogP contribution in [0.3, 0.4) is 0 Å². The van der Waals surface area contributed by atoms with E-state index < -0.39 is 11.7 Å². The highest BCUT2D eigenvalue weighted by molar-refractivity contribution is 7.98. The van der Waals surface area contributed by atoms with E-state index in [1.54, 1.807) is 11.9 Å². The standard InChI is InChI=1S/C26H23ClF3N5S/c1-17(31)32-25(34-36-22-13-9-20(10-14-22)26(28,29)30)35-16-15-23(18-5-3-2-4-6-18)24(33-35)19-7-11-21(27)12-8-19/h2-14,23H,15-16H2,1H3,(H2,31,32,34). The zero-order valence-electron chi connectivity index (χ0n) is 19.3. The van der Waals surface area contributed by atoms with Gasteiger partial charge in [0, 0.05) is 34.3 Å². The Balaban J connectivity index is 1.68. The van der Waals surface area contributed by atoms with Crippen molar-refractivity contribution in [2.24, 2.45) is 20.2 Å². The molecule has 0 aromatic heterocycles. The van der Waals surface area contributed by atoms with Crippen LogP contribution >= 0.6 is 23.5 Å². The lowest BCUT2D eigenvalue weighted by atomic mass is 9.86. The summed E-state index contributed by atoms with van der Waals surface area (Å²) in [6.07, 6.45) is -3.65. The third-order valence-electron chi connectivity index (χ3n) is 5.45. The molecule has 0 radical (unpaired) electrons. The highest BCUT2D eigenvalue weighted by Crippen LogP contribution is 2.32. The van der Waals surface area contributed by atoms with Gasteiger partial charge in [-0.15, -0.1) is 0 Å². The van der Waals surface area contributed by atoms with Crippen LogP contribution < -0.4 is 5.73 Å². The first kappa shape index (κ1) is 25.8. The van der Waals surface area contributed by atoms with Crippen molar-refractivity contribution in [3.63, 3.8) is 0 Å². The van der Waals surface area contributed by atoms with Gasteiger partial charge in [-0.25, -0.2) is 5.01 Å². The summed E-state index contributed by atoms with van der Waals surface area (Å²) in [5, 5.41) is 7.21. The minimum absolute atomic E-state index is 0.0513. The molecule has 5 nitrogen and oxygen atoms in total. The van der Waals surface area contributed by atoms with E-state index in [0.717, 1.165) is 47.3 Å². The summed E-state index contributed by atoms with van der Waals surface area (Å²) in [4.78, 5) is 4.89. The zero-order valence-corrected chi connectivity index (χ0v) is 20.9. The van der Waals surface area contributed by atoms with E-state index >= 15 is 0 Å². The molecule has 1 aliphatic heterocycles. The van der Waals surface area contributed by atoms with Crippen molar-refractivity contribution in [3.8, 4) is 0 Å². The fraction of sp³-hybridized carbons (Fsp3) is 0.192. The highest BCUT2D eigenvalue weighted by Gasteiger charge is 2.30. The molecule has 1 atom stereocenters. The number of nitrogens with two attached hydrogens (primary N) is 1. The minimum Gasteiger partial charge on any atom is -0.387 e. The first-order valence-corrected chi connectivity index (χ1v) is 12.3. The number of amidine groups is 1. The number of halogens is 4. The molecule has 4 rings (SSSR count). The topological polar surface area (TPSA) is 66.3 Å². The summed E-state index contributed by atoms with van der Waals surface area (Å²) in [6.45, 7) is 2.17. The van der Waals surface area contributed by atoms with Crippen LogP contribution in [0.25, 0.3) is 0 Å². The van der Waals surface area contributed by atoms with Gasteiger partial charge < -0.3 is 5.73 Å². The maximum atomic E-state index is 12.9. The molecular weight excluding hydrogens is 507 g/mol. The molecule has 0 aliphatic carbocycles. The fourth-order valence-electron chi connectivity index (χ4n) is 3.75. The molecule has 1 heterocycles. The first-order chi connectivity index (χ1) is 17.2. The second-order valence-corrected chi connectivity index (χ2v) is 9.40. The van der Waals surface area contributed by atoms with E-state index in [2.05, 4.69) is 21.5 Å². The number of benzene rings is 3. The van der Waals surface area contributed by atoms with Gasteiger partial charge in [0.15, 0.2) is 0 Å². The molecule has 1 aliphatic rings. The average Bonchev–Trinajstić information content (AvgIpc) is 2.87.